The van der Waals surface area contributed by atoms with Gasteiger partial charge in [0.1, 0.15) is 11.6 Å². The Hall–Kier alpha value is -3.42. The molecule has 8 nitrogen and oxygen atoms in total. The van der Waals surface area contributed by atoms with Crippen LogP contribution in [0.25, 0.3) is 10.8 Å². The van der Waals surface area contributed by atoms with Gasteiger partial charge < -0.3 is 10.6 Å². The van der Waals surface area contributed by atoms with E-state index in [0.29, 0.717) is 12.8 Å². The van der Waals surface area contributed by atoms with E-state index < -0.39 is 29.4 Å². The summed E-state index contributed by atoms with van der Waals surface area (Å²) in [5.74, 6) is -1.37. The third kappa shape index (κ3) is 4.10. The number of nitrogens with zero attached hydrogens (tertiary/aromatic N) is 1. The van der Waals surface area contributed by atoms with Crippen molar-refractivity contribution in [1.29, 1.82) is 0 Å². The monoisotopic (exact) mass is 422 g/mol. The Balaban J connectivity index is 1.37. The fourth-order valence-corrected chi connectivity index (χ4v) is 4.40. The predicted molar refractivity (Wildman–Crippen MR) is 115 cm³/mol. The molecule has 2 fully saturated rings. The maximum Gasteiger partial charge on any atom is 0.344 e. The van der Waals surface area contributed by atoms with Crippen LogP contribution in [0.1, 0.15) is 44.6 Å². The molecule has 1 spiro atoms. The smallest absolute Gasteiger partial charge is 0.344 e. The summed E-state index contributed by atoms with van der Waals surface area (Å²) in [7, 11) is 0. The highest BCUT2D eigenvalue weighted by molar-refractivity contribution is 6.08. The Bertz CT molecular complexity index is 1040. The van der Waals surface area contributed by atoms with Crippen molar-refractivity contribution in [3.05, 3.63) is 48.0 Å². The average Bonchev–Trinajstić information content (AvgIpc) is 2.98. The van der Waals surface area contributed by atoms with Gasteiger partial charge in [-0.1, -0.05) is 61.7 Å². The van der Waals surface area contributed by atoms with Gasteiger partial charge in [-0.3, -0.25) is 19.8 Å². The number of hydrazine groups is 1. The number of hydrogen-bond acceptors (Lipinski definition) is 4. The second-order valence-corrected chi connectivity index (χ2v) is 8.29. The zero-order chi connectivity index (χ0) is 22.0. The van der Waals surface area contributed by atoms with Crippen LogP contribution >= 0.6 is 0 Å². The van der Waals surface area contributed by atoms with Gasteiger partial charge in [0.25, 0.3) is 11.8 Å². The van der Waals surface area contributed by atoms with E-state index in [9.17, 15) is 19.2 Å². The third-order valence-electron chi connectivity index (χ3n) is 6.09. The van der Waals surface area contributed by atoms with E-state index in [2.05, 4.69) is 16.1 Å². The molecule has 31 heavy (non-hydrogen) atoms. The van der Waals surface area contributed by atoms with Gasteiger partial charge >= 0.3 is 6.03 Å². The highest BCUT2D eigenvalue weighted by Crippen LogP contribution is 2.33. The Morgan fingerprint density at radius 2 is 1.77 bits per heavy atom. The van der Waals surface area contributed by atoms with Gasteiger partial charge in [-0.15, -0.1) is 0 Å². The highest BCUT2D eigenvalue weighted by Gasteiger charge is 2.52. The third-order valence-corrected chi connectivity index (χ3v) is 6.09. The minimum Gasteiger partial charge on any atom is -0.344 e. The predicted octanol–water partition coefficient (Wildman–Crippen LogP) is 2.17. The van der Waals surface area contributed by atoms with E-state index in [4.69, 9.17) is 0 Å². The second-order valence-electron chi connectivity index (χ2n) is 8.29. The number of amides is 5. The lowest BCUT2D eigenvalue weighted by Crippen LogP contribution is -2.55. The van der Waals surface area contributed by atoms with Gasteiger partial charge in [0.15, 0.2) is 0 Å². The van der Waals surface area contributed by atoms with E-state index in [-0.39, 0.29) is 12.3 Å². The second kappa shape index (κ2) is 8.37. The minimum atomic E-state index is -0.913. The van der Waals surface area contributed by atoms with Crippen molar-refractivity contribution >= 4 is 34.5 Å². The lowest BCUT2D eigenvalue weighted by Gasteiger charge is -2.30. The number of hydrogen-bond donors (Lipinski definition) is 3. The Morgan fingerprint density at radius 1 is 1.06 bits per heavy atom. The summed E-state index contributed by atoms with van der Waals surface area (Å²) >= 11 is 0. The summed E-state index contributed by atoms with van der Waals surface area (Å²) in [6.07, 6.45) is 3.99. The first kappa shape index (κ1) is 20.8. The molecule has 0 aromatic heterocycles. The molecule has 1 saturated heterocycles. The molecule has 0 bridgehead atoms. The molecule has 3 N–H and O–H groups in total. The van der Waals surface area contributed by atoms with Crippen LogP contribution in [0.2, 0.25) is 0 Å². The number of fused-ring (bicyclic) bond motifs is 1. The van der Waals surface area contributed by atoms with E-state index in [1.807, 2.05) is 42.5 Å². The number of benzene rings is 2. The van der Waals surface area contributed by atoms with Crippen LogP contribution in [-0.4, -0.2) is 40.3 Å². The van der Waals surface area contributed by atoms with Gasteiger partial charge in [-0.25, -0.2) is 4.79 Å². The Kier molecular flexibility index (Phi) is 5.63. The van der Waals surface area contributed by atoms with Gasteiger partial charge in [0.2, 0.25) is 5.91 Å². The summed E-state index contributed by atoms with van der Waals surface area (Å²) in [5, 5.41) is 8.15. The van der Waals surface area contributed by atoms with Crippen molar-refractivity contribution in [2.75, 3.05) is 0 Å². The molecule has 0 unspecified atom stereocenters. The SMILES string of the molecule is C[C@H](NC(=O)Cc1cccc2ccccc12)C(=O)NN1C(=O)NC2(CCCCC2)C1=O. The summed E-state index contributed by atoms with van der Waals surface area (Å²) in [4.78, 5) is 50.2. The number of rotatable bonds is 5. The summed E-state index contributed by atoms with van der Waals surface area (Å²) in [5.41, 5.74) is 2.31. The molecule has 1 saturated carbocycles. The topological polar surface area (TPSA) is 108 Å². The van der Waals surface area contributed by atoms with Gasteiger partial charge in [0.05, 0.1) is 6.42 Å². The molecule has 4 rings (SSSR count). The molecule has 2 aliphatic rings. The lowest BCUT2D eigenvalue weighted by atomic mass is 9.82. The van der Waals surface area contributed by atoms with E-state index >= 15 is 0 Å². The molecular weight excluding hydrogens is 396 g/mol. The quantitative estimate of drug-likeness (QED) is 0.642. The van der Waals surface area contributed by atoms with Crippen LogP contribution in [0, 0.1) is 0 Å². The zero-order valence-electron chi connectivity index (χ0n) is 17.4. The maximum atomic E-state index is 12.8. The van der Waals surface area contributed by atoms with Crippen molar-refractivity contribution in [1.82, 2.24) is 21.1 Å². The van der Waals surface area contributed by atoms with Gasteiger partial charge in [-0.05, 0) is 36.1 Å². The molecule has 1 heterocycles. The molecular formula is C23H26N4O4. The molecule has 1 aliphatic carbocycles. The van der Waals surface area contributed by atoms with Gasteiger partial charge in [-0.2, -0.15) is 5.01 Å². The van der Waals surface area contributed by atoms with Crippen LogP contribution < -0.4 is 16.1 Å². The van der Waals surface area contributed by atoms with Crippen molar-refractivity contribution in [3.63, 3.8) is 0 Å². The van der Waals surface area contributed by atoms with E-state index in [1.165, 1.54) is 6.92 Å². The van der Waals surface area contributed by atoms with Crippen LogP contribution in [-0.2, 0) is 20.8 Å². The highest BCUT2D eigenvalue weighted by atomic mass is 16.2. The Labute approximate surface area is 180 Å². The van der Waals surface area contributed by atoms with Gasteiger partial charge in [0, 0.05) is 0 Å². The summed E-state index contributed by atoms with van der Waals surface area (Å²) in [6, 6.07) is 12.0. The van der Waals surface area contributed by atoms with Crippen molar-refractivity contribution in [2.24, 2.45) is 0 Å². The summed E-state index contributed by atoms with van der Waals surface area (Å²) in [6.45, 7) is 1.52. The zero-order valence-corrected chi connectivity index (χ0v) is 17.4. The van der Waals surface area contributed by atoms with Crippen LogP contribution in [0.15, 0.2) is 42.5 Å². The molecule has 1 atom stereocenters. The first-order valence-corrected chi connectivity index (χ1v) is 10.6. The van der Waals surface area contributed by atoms with Crippen molar-refractivity contribution < 1.29 is 19.2 Å². The molecule has 0 radical (unpaired) electrons. The fourth-order valence-electron chi connectivity index (χ4n) is 4.40. The average molecular weight is 422 g/mol. The maximum absolute atomic E-state index is 12.8. The van der Waals surface area contributed by atoms with Crippen LogP contribution in [0.5, 0.6) is 0 Å². The molecule has 1 aliphatic heterocycles. The molecule has 2 aromatic carbocycles. The lowest BCUT2D eigenvalue weighted by molar-refractivity contribution is -0.140. The number of nitrogens with one attached hydrogen (secondary N) is 3. The van der Waals surface area contributed by atoms with Crippen molar-refractivity contribution in [2.45, 2.75) is 57.0 Å². The number of urea groups is 1. The molecule has 8 heteroatoms. The first-order valence-electron chi connectivity index (χ1n) is 10.6. The standard InChI is InChI=1S/C23H26N4O4/c1-15(24-19(28)14-17-10-7-9-16-8-3-4-11-18(16)17)20(29)26-27-21(30)23(25-22(27)31)12-5-2-6-13-23/h3-4,7-11,15H,2,5-6,12-14H2,1H3,(H,24,28)(H,25,31)(H,26,29)/t15-/m0/s1. The molecule has 5 amide bonds. The number of carbonyl (C=O) groups excluding carboxylic acids is 4. The Morgan fingerprint density at radius 3 is 2.55 bits per heavy atom. The number of carbonyl (C=O) groups is 4. The van der Waals surface area contributed by atoms with Crippen LogP contribution in [0.3, 0.4) is 0 Å². The normalized spacial score (nSPS) is 18.7. The van der Waals surface area contributed by atoms with Crippen LogP contribution in [0.4, 0.5) is 4.79 Å². The largest absolute Gasteiger partial charge is 0.344 e. The number of imide groups is 1. The fraction of sp³-hybridized carbons (Fsp3) is 0.391. The summed E-state index contributed by atoms with van der Waals surface area (Å²) < 4.78 is 0. The van der Waals surface area contributed by atoms with E-state index in [1.54, 1.807) is 0 Å². The molecule has 2 aromatic rings. The molecule has 162 valence electrons. The van der Waals surface area contributed by atoms with Crippen molar-refractivity contribution in [3.8, 4) is 0 Å². The van der Waals surface area contributed by atoms with E-state index in [0.717, 1.165) is 40.6 Å². The first-order chi connectivity index (χ1) is 14.9. The minimum absolute atomic E-state index is 0.116.